The second-order valence-corrected chi connectivity index (χ2v) is 4.88. The van der Waals surface area contributed by atoms with E-state index in [2.05, 4.69) is 16.8 Å². The number of hydrogen-bond donors (Lipinski definition) is 1. The summed E-state index contributed by atoms with van der Waals surface area (Å²) in [4.78, 5) is 4.59. The van der Waals surface area contributed by atoms with Gasteiger partial charge in [-0.3, -0.25) is 4.90 Å². The highest BCUT2D eigenvalue weighted by atomic mass is 19.1. The summed E-state index contributed by atoms with van der Waals surface area (Å²) >= 11 is 0. The van der Waals surface area contributed by atoms with Crippen molar-refractivity contribution in [1.29, 1.82) is 0 Å². The van der Waals surface area contributed by atoms with Gasteiger partial charge in [-0.05, 0) is 13.1 Å². The summed E-state index contributed by atoms with van der Waals surface area (Å²) < 4.78 is 19.1. The van der Waals surface area contributed by atoms with E-state index in [0.717, 1.165) is 32.7 Å². The highest BCUT2D eigenvalue weighted by molar-refractivity contribution is 5.34. The van der Waals surface area contributed by atoms with Crippen molar-refractivity contribution in [2.24, 2.45) is 0 Å². The van der Waals surface area contributed by atoms with E-state index in [1.807, 2.05) is 0 Å². The van der Waals surface area contributed by atoms with Crippen LogP contribution in [0.3, 0.4) is 0 Å². The molecule has 1 saturated heterocycles. The summed E-state index contributed by atoms with van der Waals surface area (Å²) in [5, 5.41) is 9.16. The maximum Gasteiger partial charge on any atom is 0.165 e. The topological polar surface area (TPSA) is 35.9 Å². The Morgan fingerprint density at radius 1 is 1.26 bits per heavy atom. The van der Waals surface area contributed by atoms with E-state index in [9.17, 15) is 4.39 Å². The third-order valence-corrected chi connectivity index (χ3v) is 3.47. The normalized spacial score (nSPS) is 17.6. The predicted molar refractivity (Wildman–Crippen MR) is 71.8 cm³/mol. The van der Waals surface area contributed by atoms with Gasteiger partial charge in [0.15, 0.2) is 11.6 Å². The van der Waals surface area contributed by atoms with Crippen LogP contribution in [0.25, 0.3) is 0 Å². The number of aliphatic hydroxyl groups excluding tert-OH is 1. The molecule has 19 heavy (non-hydrogen) atoms. The number of likely N-dealkylation sites (N-methyl/N-ethyl adjacent to an activating group) is 1. The summed E-state index contributed by atoms with van der Waals surface area (Å²) in [6.07, 6.45) is 0. The van der Waals surface area contributed by atoms with Crippen LogP contribution in [0.2, 0.25) is 0 Å². The smallest absolute Gasteiger partial charge is 0.165 e. The highest BCUT2D eigenvalue weighted by Gasteiger charge is 2.14. The van der Waals surface area contributed by atoms with Crippen molar-refractivity contribution < 1.29 is 14.2 Å². The molecule has 1 aromatic rings. The molecule has 0 amide bonds. The molecule has 106 valence electrons. The number of halogens is 1. The second-order valence-electron chi connectivity index (χ2n) is 4.88. The molecule has 2 rings (SSSR count). The van der Waals surface area contributed by atoms with E-state index in [0.29, 0.717) is 12.2 Å². The largest absolute Gasteiger partial charge is 0.489 e. The Kier molecular flexibility index (Phi) is 5.13. The summed E-state index contributed by atoms with van der Waals surface area (Å²) in [5.74, 6) is -0.232. The number of aliphatic hydroxyl groups is 1. The van der Waals surface area contributed by atoms with E-state index in [-0.39, 0.29) is 12.4 Å². The maximum atomic E-state index is 13.6. The second kappa shape index (κ2) is 6.84. The molecular weight excluding hydrogens is 247 g/mol. The number of para-hydroxylation sites is 1. The number of hydrogen-bond acceptors (Lipinski definition) is 4. The summed E-state index contributed by atoms with van der Waals surface area (Å²) in [7, 11) is 2.11. The molecule has 0 spiro atoms. The van der Waals surface area contributed by atoms with Crippen molar-refractivity contribution in [1.82, 2.24) is 9.80 Å². The summed E-state index contributed by atoms with van der Waals surface area (Å²) in [6.45, 7) is 5.17. The average Bonchev–Trinajstić information content (AvgIpc) is 2.42. The zero-order valence-corrected chi connectivity index (χ0v) is 11.3. The minimum atomic E-state index is -0.412. The molecule has 1 heterocycles. The molecule has 0 unspecified atom stereocenters. The van der Waals surface area contributed by atoms with Gasteiger partial charge in [-0.25, -0.2) is 4.39 Å². The Morgan fingerprint density at radius 3 is 2.68 bits per heavy atom. The zero-order valence-electron chi connectivity index (χ0n) is 11.3. The molecule has 0 aromatic heterocycles. The molecular formula is C14H21FN2O2. The van der Waals surface area contributed by atoms with Crippen LogP contribution in [-0.4, -0.2) is 61.3 Å². The van der Waals surface area contributed by atoms with Gasteiger partial charge < -0.3 is 14.7 Å². The fourth-order valence-corrected chi connectivity index (χ4v) is 2.19. The molecule has 4 nitrogen and oxygen atoms in total. The van der Waals surface area contributed by atoms with Crippen molar-refractivity contribution >= 4 is 0 Å². The van der Waals surface area contributed by atoms with Crippen LogP contribution in [0.5, 0.6) is 5.75 Å². The van der Waals surface area contributed by atoms with Crippen LogP contribution in [0.15, 0.2) is 18.2 Å². The fraction of sp³-hybridized carbons (Fsp3) is 0.571. The molecule has 5 heteroatoms. The quantitative estimate of drug-likeness (QED) is 0.862. The van der Waals surface area contributed by atoms with E-state index in [4.69, 9.17) is 9.84 Å². The molecule has 1 aromatic carbocycles. The number of benzene rings is 1. The lowest BCUT2D eigenvalue weighted by molar-refractivity contribution is 0.131. The van der Waals surface area contributed by atoms with Crippen LogP contribution in [0.4, 0.5) is 4.39 Å². The van der Waals surface area contributed by atoms with Crippen LogP contribution in [0.1, 0.15) is 5.56 Å². The van der Waals surface area contributed by atoms with Gasteiger partial charge in [-0.15, -0.1) is 0 Å². The standard InChI is InChI=1S/C14H21FN2O2/c1-16-5-7-17(8-6-16)9-10-19-14-12(11-18)3-2-4-13(14)15/h2-4,18H,5-11H2,1H3. The van der Waals surface area contributed by atoms with Crippen LogP contribution in [-0.2, 0) is 6.61 Å². The first kappa shape index (κ1) is 14.2. The van der Waals surface area contributed by atoms with E-state index < -0.39 is 5.82 Å². The third kappa shape index (κ3) is 3.89. The molecule has 0 aliphatic carbocycles. The van der Waals surface area contributed by atoms with Crippen molar-refractivity contribution in [2.75, 3.05) is 46.4 Å². The Bertz CT molecular complexity index is 406. The highest BCUT2D eigenvalue weighted by Crippen LogP contribution is 2.22. The van der Waals surface area contributed by atoms with Gasteiger partial charge in [0.05, 0.1) is 6.61 Å². The Balaban J connectivity index is 1.82. The summed E-state index contributed by atoms with van der Waals surface area (Å²) in [5.41, 5.74) is 0.498. The van der Waals surface area contributed by atoms with Crippen molar-refractivity contribution in [2.45, 2.75) is 6.61 Å². The molecule has 0 bridgehead atoms. The van der Waals surface area contributed by atoms with E-state index in [1.165, 1.54) is 6.07 Å². The molecule has 0 saturated carbocycles. The van der Waals surface area contributed by atoms with Gasteiger partial charge in [-0.1, -0.05) is 12.1 Å². The summed E-state index contributed by atoms with van der Waals surface area (Å²) in [6, 6.07) is 4.60. The van der Waals surface area contributed by atoms with Gasteiger partial charge >= 0.3 is 0 Å². The van der Waals surface area contributed by atoms with Gasteiger partial charge in [0, 0.05) is 38.3 Å². The van der Waals surface area contributed by atoms with Crippen molar-refractivity contribution in [3.05, 3.63) is 29.6 Å². The van der Waals surface area contributed by atoms with E-state index in [1.54, 1.807) is 12.1 Å². The minimum absolute atomic E-state index is 0.180. The first-order chi connectivity index (χ1) is 9.20. The first-order valence-electron chi connectivity index (χ1n) is 6.62. The lowest BCUT2D eigenvalue weighted by Crippen LogP contribution is -2.45. The van der Waals surface area contributed by atoms with E-state index >= 15 is 0 Å². The Hall–Kier alpha value is -1.17. The molecule has 1 aliphatic rings. The predicted octanol–water partition coefficient (Wildman–Crippen LogP) is 0.944. The number of rotatable bonds is 5. The third-order valence-electron chi connectivity index (χ3n) is 3.47. The van der Waals surface area contributed by atoms with Crippen molar-refractivity contribution in [3.8, 4) is 5.75 Å². The molecule has 0 atom stereocenters. The van der Waals surface area contributed by atoms with Gasteiger partial charge in [-0.2, -0.15) is 0 Å². The minimum Gasteiger partial charge on any atom is -0.489 e. The molecule has 1 aliphatic heterocycles. The maximum absolute atomic E-state index is 13.6. The number of ether oxygens (including phenoxy) is 1. The van der Waals surface area contributed by atoms with Crippen LogP contribution >= 0.6 is 0 Å². The fourth-order valence-electron chi connectivity index (χ4n) is 2.19. The SMILES string of the molecule is CN1CCN(CCOc2c(F)cccc2CO)CC1. The van der Waals surface area contributed by atoms with Gasteiger partial charge in [0.1, 0.15) is 6.61 Å². The monoisotopic (exact) mass is 268 g/mol. The Labute approximate surface area is 113 Å². The van der Waals surface area contributed by atoms with Crippen LogP contribution < -0.4 is 4.74 Å². The number of piperazine rings is 1. The zero-order chi connectivity index (χ0) is 13.7. The molecule has 1 N–H and O–H groups in total. The molecule has 0 radical (unpaired) electrons. The van der Waals surface area contributed by atoms with Gasteiger partial charge in [0.2, 0.25) is 0 Å². The molecule has 1 fully saturated rings. The number of nitrogens with zero attached hydrogens (tertiary/aromatic N) is 2. The van der Waals surface area contributed by atoms with Crippen molar-refractivity contribution in [3.63, 3.8) is 0 Å². The Morgan fingerprint density at radius 2 is 2.00 bits per heavy atom. The lowest BCUT2D eigenvalue weighted by atomic mass is 10.2. The van der Waals surface area contributed by atoms with Gasteiger partial charge in [0.25, 0.3) is 0 Å². The lowest BCUT2D eigenvalue weighted by Gasteiger charge is -2.32. The van der Waals surface area contributed by atoms with Crippen LogP contribution in [0, 0.1) is 5.82 Å². The first-order valence-corrected chi connectivity index (χ1v) is 6.62. The average molecular weight is 268 g/mol.